The third-order valence-corrected chi connectivity index (χ3v) is 7.02. The number of halogens is 2. The fourth-order valence-electron chi connectivity index (χ4n) is 2.88. The van der Waals surface area contributed by atoms with Crippen LogP contribution in [0.25, 0.3) is 0 Å². The van der Waals surface area contributed by atoms with Crippen LogP contribution in [0.4, 0.5) is 15.2 Å². The second kappa shape index (κ2) is 10.2. The first-order chi connectivity index (χ1) is 14.4. The summed E-state index contributed by atoms with van der Waals surface area (Å²) >= 11 is 7.33. The van der Waals surface area contributed by atoms with Crippen molar-refractivity contribution in [3.8, 4) is 0 Å². The van der Waals surface area contributed by atoms with Gasteiger partial charge in [-0.2, -0.15) is 0 Å². The summed E-state index contributed by atoms with van der Waals surface area (Å²) < 4.78 is 41.7. The van der Waals surface area contributed by atoms with Gasteiger partial charge in [0.15, 0.2) is 5.13 Å². The summed E-state index contributed by atoms with van der Waals surface area (Å²) in [6, 6.07) is 12.5. The molecule has 3 N–H and O–H groups in total. The lowest BCUT2D eigenvalue weighted by molar-refractivity contribution is 0.543. The van der Waals surface area contributed by atoms with Crippen molar-refractivity contribution in [2.45, 2.75) is 23.8 Å². The number of nitrogens with one attached hydrogen (secondary N) is 3. The van der Waals surface area contributed by atoms with Crippen molar-refractivity contribution in [2.24, 2.45) is 0 Å². The van der Waals surface area contributed by atoms with Gasteiger partial charge in [0.2, 0.25) is 0 Å². The molecule has 0 saturated carbocycles. The van der Waals surface area contributed by atoms with Crippen LogP contribution in [0.2, 0.25) is 5.02 Å². The highest BCUT2D eigenvalue weighted by molar-refractivity contribution is 7.93. The average molecular weight is 469 g/mol. The lowest BCUT2D eigenvalue weighted by Gasteiger charge is -2.19. The molecule has 0 fully saturated rings. The van der Waals surface area contributed by atoms with Crippen molar-refractivity contribution in [1.29, 1.82) is 0 Å². The molecule has 30 heavy (non-hydrogen) atoms. The number of likely N-dealkylation sites (N-methyl/N-ethyl adjacent to an activating group) is 1. The maximum absolute atomic E-state index is 14.6. The Hall–Kier alpha value is -2.20. The largest absolute Gasteiger partial charge is 0.382 e. The average Bonchev–Trinajstić information content (AvgIpc) is 3.23. The Kier molecular flexibility index (Phi) is 7.65. The number of nitrogens with zero attached hydrogens (tertiary/aromatic N) is 1. The molecule has 3 rings (SSSR count). The Bertz CT molecular complexity index is 1060. The van der Waals surface area contributed by atoms with Crippen LogP contribution in [0.5, 0.6) is 0 Å². The molecular weight excluding hydrogens is 447 g/mol. The molecule has 0 bridgehead atoms. The minimum absolute atomic E-state index is 0.119. The molecule has 2 aromatic carbocycles. The number of hydrogen-bond donors (Lipinski definition) is 3. The van der Waals surface area contributed by atoms with Gasteiger partial charge in [0, 0.05) is 24.2 Å². The van der Waals surface area contributed by atoms with Crippen LogP contribution >= 0.6 is 22.9 Å². The van der Waals surface area contributed by atoms with E-state index in [2.05, 4.69) is 32.5 Å². The van der Waals surface area contributed by atoms with E-state index in [-0.39, 0.29) is 16.2 Å². The van der Waals surface area contributed by atoms with Crippen LogP contribution in [-0.4, -0.2) is 33.0 Å². The molecule has 1 aromatic heterocycles. The zero-order valence-corrected chi connectivity index (χ0v) is 18.6. The van der Waals surface area contributed by atoms with E-state index in [0.717, 1.165) is 36.3 Å². The fraction of sp³-hybridized carbons (Fsp3) is 0.250. The number of sulfonamides is 1. The predicted molar refractivity (Wildman–Crippen MR) is 120 cm³/mol. The summed E-state index contributed by atoms with van der Waals surface area (Å²) in [5.41, 5.74) is 1.58. The molecular formula is C20H22ClFN4O2S2. The molecule has 1 atom stereocenters. The van der Waals surface area contributed by atoms with Crippen LogP contribution in [-0.2, 0) is 16.4 Å². The summed E-state index contributed by atoms with van der Waals surface area (Å²) in [5.74, 6) is -0.892. The Morgan fingerprint density at radius 2 is 2.00 bits per heavy atom. The second-order valence-corrected chi connectivity index (χ2v) is 9.55. The fourth-order valence-corrected chi connectivity index (χ4v) is 5.05. The minimum atomic E-state index is -4.13. The first kappa shape index (κ1) is 22.5. The van der Waals surface area contributed by atoms with Crippen molar-refractivity contribution in [2.75, 3.05) is 23.6 Å². The van der Waals surface area contributed by atoms with E-state index >= 15 is 0 Å². The molecule has 3 aromatic rings. The summed E-state index contributed by atoms with van der Waals surface area (Å²) in [4.78, 5) is 3.32. The third-order valence-electron chi connectivity index (χ3n) is 4.54. The highest BCUT2D eigenvalue weighted by Crippen LogP contribution is 2.29. The molecule has 0 amide bonds. The van der Waals surface area contributed by atoms with Crippen LogP contribution in [0.15, 0.2) is 58.9 Å². The standard InChI is InChI=1S/C20H22ClFN4O2S2/c1-23-15(8-7-14-5-3-2-4-6-14)13-25-18-12-17(22)19(11-16(18)21)30(27,28)26-20-24-9-10-29-20/h2-6,9-12,15,23,25H,7-8,13H2,1H3,(H,24,26)/t15-/m0/s1. The first-order valence-corrected chi connectivity index (χ1v) is 12.0. The van der Waals surface area contributed by atoms with Gasteiger partial charge in [0.25, 0.3) is 10.0 Å². The number of thiazole rings is 1. The molecule has 0 radical (unpaired) electrons. The van der Waals surface area contributed by atoms with Crippen molar-refractivity contribution in [1.82, 2.24) is 10.3 Å². The highest BCUT2D eigenvalue weighted by atomic mass is 35.5. The van der Waals surface area contributed by atoms with E-state index < -0.39 is 20.7 Å². The highest BCUT2D eigenvalue weighted by Gasteiger charge is 2.22. The van der Waals surface area contributed by atoms with Crippen LogP contribution in [0.3, 0.4) is 0 Å². The molecule has 0 aliphatic rings. The van der Waals surface area contributed by atoms with Gasteiger partial charge in [-0.1, -0.05) is 41.9 Å². The Labute approximate surface area is 184 Å². The number of aromatic nitrogens is 1. The molecule has 6 nitrogen and oxygen atoms in total. The van der Waals surface area contributed by atoms with E-state index in [1.54, 1.807) is 5.38 Å². The van der Waals surface area contributed by atoms with Gasteiger partial charge in [-0.25, -0.2) is 17.8 Å². The molecule has 0 unspecified atom stereocenters. The number of aryl methyl sites for hydroxylation is 1. The van der Waals surface area contributed by atoms with Crippen LogP contribution in [0.1, 0.15) is 12.0 Å². The van der Waals surface area contributed by atoms with Crippen LogP contribution < -0.4 is 15.4 Å². The zero-order chi connectivity index (χ0) is 21.6. The molecule has 0 spiro atoms. The topological polar surface area (TPSA) is 83.1 Å². The van der Waals surface area contributed by atoms with E-state index in [4.69, 9.17) is 11.6 Å². The SMILES string of the molecule is CN[C@@H](CCc1ccccc1)CNc1cc(F)c(S(=O)(=O)Nc2nccs2)cc1Cl. The Balaban J connectivity index is 1.65. The maximum atomic E-state index is 14.6. The molecule has 0 saturated heterocycles. The monoisotopic (exact) mass is 468 g/mol. The summed E-state index contributed by atoms with van der Waals surface area (Å²) in [7, 11) is -2.27. The molecule has 10 heteroatoms. The maximum Gasteiger partial charge on any atom is 0.266 e. The Morgan fingerprint density at radius 3 is 2.67 bits per heavy atom. The van der Waals surface area contributed by atoms with Gasteiger partial charge in [-0.15, -0.1) is 11.3 Å². The van der Waals surface area contributed by atoms with Gasteiger partial charge in [-0.05, 0) is 37.6 Å². The predicted octanol–water partition coefficient (Wildman–Crippen LogP) is 4.37. The van der Waals surface area contributed by atoms with E-state index in [1.807, 2.05) is 25.2 Å². The van der Waals surface area contributed by atoms with Crippen molar-refractivity contribution in [3.63, 3.8) is 0 Å². The third kappa shape index (κ3) is 5.91. The van der Waals surface area contributed by atoms with Crippen LogP contribution in [0, 0.1) is 5.82 Å². The minimum Gasteiger partial charge on any atom is -0.382 e. The quantitative estimate of drug-likeness (QED) is 0.411. The smallest absolute Gasteiger partial charge is 0.266 e. The zero-order valence-electron chi connectivity index (χ0n) is 16.2. The van der Waals surface area contributed by atoms with Crippen molar-refractivity contribution in [3.05, 3.63) is 70.4 Å². The number of anilines is 2. The van der Waals surface area contributed by atoms with Crippen molar-refractivity contribution >= 4 is 43.8 Å². The second-order valence-electron chi connectivity index (χ2n) is 6.60. The van der Waals surface area contributed by atoms with E-state index in [1.165, 1.54) is 11.8 Å². The lowest BCUT2D eigenvalue weighted by Crippen LogP contribution is -2.33. The number of hydrogen-bond acceptors (Lipinski definition) is 6. The molecule has 0 aliphatic heterocycles. The normalized spacial score (nSPS) is 12.5. The lowest BCUT2D eigenvalue weighted by atomic mass is 10.1. The number of rotatable bonds is 10. The Morgan fingerprint density at radius 1 is 1.23 bits per heavy atom. The summed E-state index contributed by atoms with van der Waals surface area (Å²) in [6.07, 6.45) is 3.22. The molecule has 1 heterocycles. The molecule has 160 valence electrons. The van der Waals surface area contributed by atoms with Crippen molar-refractivity contribution < 1.29 is 12.8 Å². The van der Waals surface area contributed by atoms with Gasteiger partial charge in [0.1, 0.15) is 10.7 Å². The van der Waals surface area contributed by atoms with E-state index in [0.29, 0.717) is 12.2 Å². The van der Waals surface area contributed by atoms with Gasteiger partial charge in [0.05, 0.1) is 10.7 Å². The molecule has 0 aliphatic carbocycles. The van der Waals surface area contributed by atoms with Gasteiger partial charge in [-0.3, -0.25) is 4.72 Å². The number of benzene rings is 2. The van der Waals surface area contributed by atoms with E-state index in [9.17, 15) is 12.8 Å². The van der Waals surface area contributed by atoms with Gasteiger partial charge < -0.3 is 10.6 Å². The van der Waals surface area contributed by atoms with Gasteiger partial charge >= 0.3 is 0 Å². The first-order valence-electron chi connectivity index (χ1n) is 9.25. The summed E-state index contributed by atoms with van der Waals surface area (Å²) in [6.45, 7) is 0.506. The summed E-state index contributed by atoms with van der Waals surface area (Å²) in [5, 5.41) is 8.22.